The Bertz CT molecular complexity index is 187. The largest absolute Gasteiger partial charge is 0.396 e. The third-order valence-corrected chi connectivity index (χ3v) is 7.57. The lowest BCUT2D eigenvalue weighted by Gasteiger charge is -2.42. The fourth-order valence-electron chi connectivity index (χ4n) is 2.82. The maximum atomic E-state index is 5.70. The van der Waals surface area contributed by atoms with Crippen molar-refractivity contribution in [1.29, 1.82) is 0 Å². The molecule has 1 saturated heterocycles. The minimum Gasteiger partial charge on any atom is -0.396 e. The van der Waals surface area contributed by atoms with Crippen molar-refractivity contribution in [3.8, 4) is 0 Å². The van der Waals surface area contributed by atoms with E-state index in [-0.39, 0.29) is 5.73 Å². The second kappa shape index (κ2) is 9.05. The predicted molar refractivity (Wildman–Crippen MR) is 73.1 cm³/mol. The van der Waals surface area contributed by atoms with Crippen LogP contribution in [-0.2, 0) is 13.6 Å². The van der Waals surface area contributed by atoms with Gasteiger partial charge < -0.3 is 19.3 Å². The molecule has 0 amide bonds. The highest BCUT2D eigenvalue weighted by molar-refractivity contribution is 6.69. The summed E-state index contributed by atoms with van der Waals surface area (Å²) in [5, 5.41) is 0. The molecule has 0 radical (unpaired) electrons. The van der Waals surface area contributed by atoms with Crippen molar-refractivity contribution in [2.45, 2.75) is 44.4 Å². The van der Waals surface area contributed by atoms with Gasteiger partial charge in [-0.2, -0.15) is 0 Å². The van der Waals surface area contributed by atoms with Crippen molar-refractivity contribution < 1.29 is 13.6 Å². The first-order valence-electron chi connectivity index (χ1n) is 6.45. The Kier molecular flexibility index (Phi) is 9.08. The number of hydrogen-bond acceptors (Lipinski definition) is 4. The van der Waals surface area contributed by atoms with E-state index in [1.165, 1.54) is 32.7 Å². The summed E-state index contributed by atoms with van der Waals surface area (Å²) in [6.07, 6.45) is 4.91. The molecular formula is C12H29NO3Si. The summed E-state index contributed by atoms with van der Waals surface area (Å²) >= 11 is 0. The van der Waals surface area contributed by atoms with Gasteiger partial charge in [0.25, 0.3) is 0 Å². The second-order valence-corrected chi connectivity index (χ2v) is 7.83. The van der Waals surface area contributed by atoms with Crippen LogP contribution in [0.3, 0.4) is 0 Å². The highest BCUT2D eigenvalue weighted by Gasteiger charge is 2.50. The van der Waals surface area contributed by atoms with E-state index in [0.29, 0.717) is 5.92 Å². The molecule has 104 valence electrons. The number of nitrogens with two attached hydrogens (primary N) is 1. The Morgan fingerprint density at radius 3 is 2.18 bits per heavy atom. The molecule has 1 rings (SSSR count). The van der Waals surface area contributed by atoms with Gasteiger partial charge in [-0.15, -0.1) is 0 Å². The van der Waals surface area contributed by atoms with Crippen LogP contribution in [0.25, 0.3) is 0 Å². The predicted octanol–water partition coefficient (Wildman–Crippen LogP) is 2.06. The van der Waals surface area contributed by atoms with E-state index in [1.807, 2.05) is 0 Å². The normalized spacial score (nSPS) is 27.2. The first kappa shape index (κ1) is 17.1. The van der Waals surface area contributed by atoms with Crippen molar-refractivity contribution in [3.63, 3.8) is 0 Å². The standard InChI is InChI=1S/C11H24O3Si.CH5N/c1-5-7-10-8-6-9-15(13-3,14-4)11(10)12-2;1-2/h10-11H,5-9H2,1-4H3;2H2,1H3. The monoisotopic (exact) mass is 263 g/mol. The fraction of sp³-hybridized carbons (Fsp3) is 1.00. The van der Waals surface area contributed by atoms with Gasteiger partial charge in [-0.1, -0.05) is 19.8 Å². The lowest BCUT2D eigenvalue weighted by Crippen LogP contribution is -2.58. The van der Waals surface area contributed by atoms with E-state index in [0.717, 1.165) is 6.04 Å². The topological polar surface area (TPSA) is 53.7 Å². The quantitative estimate of drug-likeness (QED) is 0.772. The lowest BCUT2D eigenvalue weighted by molar-refractivity contribution is 0.0398. The van der Waals surface area contributed by atoms with Crippen LogP contribution in [0.4, 0.5) is 0 Å². The van der Waals surface area contributed by atoms with Gasteiger partial charge in [0.2, 0.25) is 0 Å². The van der Waals surface area contributed by atoms with Crippen LogP contribution in [-0.4, -0.2) is 42.7 Å². The molecule has 0 aliphatic carbocycles. The van der Waals surface area contributed by atoms with E-state index < -0.39 is 8.56 Å². The van der Waals surface area contributed by atoms with Crippen molar-refractivity contribution in [1.82, 2.24) is 0 Å². The molecule has 2 unspecified atom stereocenters. The summed E-state index contributed by atoms with van der Waals surface area (Å²) in [4.78, 5) is 0. The highest BCUT2D eigenvalue weighted by atomic mass is 28.4. The highest BCUT2D eigenvalue weighted by Crippen LogP contribution is 2.37. The van der Waals surface area contributed by atoms with E-state index in [2.05, 4.69) is 12.7 Å². The second-order valence-electron chi connectivity index (χ2n) is 4.32. The zero-order chi connectivity index (χ0) is 13.3. The molecule has 0 aromatic rings. The summed E-state index contributed by atoms with van der Waals surface area (Å²) in [6, 6.07) is 1.07. The number of hydrogen-bond donors (Lipinski definition) is 1. The molecule has 4 nitrogen and oxygen atoms in total. The molecule has 1 aliphatic rings. The van der Waals surface area contributed by atoms with Crippen LogP contribution < -0.4 is 5.73 Å². The Labute approximate surface area is 107 Å². The number of rotatable bonds is 5. The van der Waals surface area contributed by atoms with Crippen LogP contribution in [0.5, 0.6) is 0 Å². The first-order valence-corrected chi connectivity index (χ1v) is 8.55. The zero-order valence-electron chi connectivity index (χ0n) is 12.0. The molecule has 0 bridgehead atoms. The van der Waals surface area contributed by atoms with E-state index in [4.69, 9.17) is 13.6 Å². The smallest absolute Gasteiger partial charge is 0.367 e. The third kappa shape index (κ3) is 4.03. The van der Waals surface area contributed by atoms with Crippen LogP contribution in [0.1, 0.15) is 32.6 Å². The fourth-order valence-corrected chi connectivity index (χ4v) is 6.25. The molecular weight excluding hydrogens is 234 g/mol. The molecule has 1 aliphatic heterocycles. The van der Waals surface area contributed by atoms with Crippen molar-refractivity contribution in [2.75, 3.05) is 28.4 Å². The van der Waals surface area contributed by atoms with Crippen molar-refractivity contribution in [3.05, 3.63) is 0 Å². The van der Waals surface area contributed by atoms with Gasteiger partial charge in [0, 0.05) is 21.3 Å². The Morgan fingerprint density at radius 1 is 1.18 bits per heavy atom. The van der Waals surface area contributed by atoms with E-state index in [9.17, 15) is 0 Å². The van der Waals surface area contributed by atoms with Crippen molar-refractivity contribution in [2.24, 2.45) is 11.7 Å². The van der Waals surface area contributed by atoms with Gasteiger partial charge >= 0.3 is 8.56 Å². The van der Waals surface area contributed by atoms with Crippen LogP contribution in [0, 0.1) is 5.92 Å². The Hall–Kier alpha value is 0.0569. The first-order chi connectivity index (χ1) is 8.24. The van der Waals surface area contributed by atoms with Crippen LogP contribution >= 0.6 is 0 Å². The van der Waals surface area contributed by atoms with Gasteiger partial charge in [-0.3, -0.25) is 0 Å². The number of ether oxygens (including phenoxy) is 1. The molecule has 0 saturated carbocycles. The van der Waals surface area contributed by atoms with Gasteiger partial charge in [0.1, 0.15) is 5.73 Å². The van der Waals surface area contributed by atoms with E-state index >= 15 is 0 Å². The summed E-state index contributed by atoms with van der Waals surface area (Å²) < 4.78 is 17.1. The average Bonchev–Trinajstić information content (AvgIpc) is 2.41. The van der Waals surface area contributed by atoms with Gasteiger partial charge in [0.15, 0.2) is 0 Å². The molecule has 17 heavy (non-hydrogen) atoms. The summed E-state index contributed by atoms with van der Waals surface area (Å²) in [5.74, 6) is 0.625. The van der Waals surface area contributed by atoms with E-state index in [1.54, 1.807) is 21.3 Å². The zero-order valence-corrected chi connectivity index (χ0v) is 13.0. The lowest BCUT2D eigenvalue weighted by atomic mass is 9.98. The summed E-state index contributed by atoms with van der Waals surface area (Å²) in [5.41, 5.74) is 4.71. The molecule has 0 spiro atoms. The van der Waals surface area contributed by atoms with Gasteiger partial charge in [-0.05, 0) is 31.9 Å². The molecule has 5 heteroatoms. The molecule has 1 fully saturated rings. The summed E-state index contributed by atoms with van der Waals surface area (Å²) in [6.45, 7) is 2.23. The number of methoxy groups -OCH3 is 1. The third-order valence-electron chi connectivity index (χ3n) is 3.57. The van der Waals surface area contributed by atoms with Crippen molar-refractivity contribution >= 4 is 8.56 Å². The Morgan fingerprint density at radius 2 is 1.76 bits per heavy atom. The van der Waals surface area contributed by atoms with Crippen LogP contribution in [0.15, 0.2) is 0 Å². The Balaban J connectivity index is 0.00000121. The molecule has 0 aromatic carbocycles. The van der Waals surface area contributed by atoms with Gasteiger partial charge in [0.05, 0.1) is 0 Å². The average molecular weight is 263 g/mol. The molecule has 2 atom stereocenters. The maximum absolute atomic E-state index is 5.70. The minimum atomic E-state index is -2.08. The maximum Gasteiger partial charge on any atom is 0.367 e. The molecule has 1 heterocycles. The molecule has 2 N–H and O–H groups in total. The van der Waals surface area contributed by atoms with Crippen LogP contribution in [0.2, 0.25) is 6.04 Å². The minimum absolute atomic E-state index is 0.209. The SMILES string of the molecule is CCCC1CCC[Si](OC)(OC)C1OC.CN. The molecule has 0 aromatic heterocycles. The van der Waals surface area contributed by atoms with Gasteiger partial charge in [-0.25, -0.2) is 0 Å². The summed E-state index contributed by atoms with van der Waals surface area (Å²) in [7, 11) is 4.76.